The number of halogens is 1. The van der Waals surface area contributed by atoms with Gasteiger partial charge in [0.15, 0.2) is 0 Å². The molecular formula is C6H6ClHgN. The zero-order valence-electron chi connectivity index (χ0n) is 4.97. The summed E-state index contributed by atoms with van der Waals surface area (Å²) in [5.74, 6) is 0. The van der Waals surface area contributed by atoms with E-state index in [2.05, 4.69) is 12.1 Å². The van der Waals surface area contributed by atoms with E-state index in [9.17, 15) is 0 Å². The molecule has 0 amide bonds. The third-order valence-corrected chi connectivity index (χ3v) is 2.81. The molecule has 0 fully saturated rings. The fourth-order valence-electron chi connectivity index (χ4n) is 0.518. The van der Waals surface area contributed by atoms with Gasteiger partial charge in [0.1, 0.15) is 0 Å². The molecule has 1 nitrogen and oxygen atoms in total. The number of anilines is 1. The van der Waals surface area contributed by atoms with Crippen molar-refractivity contribution in [3.63, 3.8) is 0 Å². The first kappa shape index (κ1) is 9.25. The van der Waals surface area contributed by atoms with Crippen molar-refractivity contribution in [2.75, 3.05) is 5.73 Å². The third-order valence-electron chi connectivity index (χ3n) is 0.980. The molecule has 1 aromatic rings. The maximum absolute atomic E-state index is 5.45. The van der Waals surface area contributed by atoms with E-state index in [4.69, 9.17) is 5.73 Å². The predicted molar refractivity (Wildman–Crippen MR) is 30.5 cm³/mol. The van der Waals surface area contributed by atoms with Gasteiger partial charge in [0.2, 0.25) is 0 Å². The molecule has 1 rings (SSSR count). The van der Waals surface area contributed by atoms with Crippen LogP contribution >= 0.6 is 0 Å². The van der Waals surface area contributed by atoms with Crippen LogP contribution in [0.5, 0.6) is 0 Å². The molecule has 0 heterocycles. The average molecular weight is 328 g/mol. The van der Waals surface area contributed by atoms with Gasteiger partial charge in [-0.3, -0.25) is 0 Å². The maximum Gasteiger partial charge on any atom is -1.00 e. The summed E-state index contributed by atoms with van der Waals surface area (Å²) in [6, 6.07) is 8.06. The van der Waals surface area contributed by atoms with Crippen LogP contribution in [0.1, 0.15) is 0 Å². The van der Waals surface area contributed by atoms with E-state index in [1.165, 1.54) is 3.07 Å². The van der Waals surface area contributed by atoms with Crippen molar-refractivity contribution >= 4 is 8.76 Å². The van der Waals surface area contributed by atoms with E-state index in [1.54, 1.807) is 0 Å². The molecule has 0 atom stereocenters. The SMILES string of the molecule is Nc1cc[c]([Hg+])cc1.[Cl-]. The number of nitrogen functional groups attached to an aromatic ring is 1. The summed E-state index contributed by atoms with van der Waals surface area (Å²) in [6.45, 7) is 0. The predicted octanol–water partition coefficient (Wildman–Crippen LogP) is -2.56. The van der Waals surface area contributed by atoms with Gasteiger partial charge in [-0.05, 0) is 0 Å². The van der Waals surface area contributed by atoms with Crippen LogP contribution in [-0.2, 0) is 26.1 Å². The molecule has 0 aromatic heterocycles. The standard InChI is InChI=1S/C6H6N.ClH.Hg/c7-6-4-2-1-3-5-6;;/h2-5H,7H2;1H;/q;;+1/p-1. The fraction of sp³-hybridized carbons (Fsp3) is 0. The Balaban J connectivity index is 0.000000640. The summed E-state index contributed by atoms with van der Waals surface area (Å²) in [5, 5.41) is 0. The average Bonchev–Trinajstić information content (AvgIpc) is 1.77. The summed E-state index contributed by atoms with van der Waals surface area (Å²) in [5.41, 5.74) is 6.31. The van der Waals surface area contributed by atoms with Crippen LogP contribution in [0.3, 0.4) is 0 Å². The molecular weight excluding hydrogens is 322 g/mol. The van der Waals surface area contributed by atoms with Crippen LogP contribution in [0.15, 0.2) is 24.3 Å². The van der Waals surface area contributed by atoms with Gasteiger partial charge < -0.3 is 12.4 Å². The van der Waals surface area contributed by atoms with Crippen molar-refractivity contribution in [1.29, 1.82) is 0 Å². The van der Waals surface area contributed by atoms with Gasteiger partial charge in [-0.1, -0.05) is 0 Å². The molecule has 0 unspecified atom stereocenters. The Bertz CT molecular complexity index is 152. The summed E-state index contributed by atoms with van der Waals surface area (Å²) in [6.07, 6.45) is 0. The summed E-state index contributed by atoms with van der Waals surface area (Å²) >= 11 is 0.746. The minimum absolute atomic E-state index is 0. The Morgan fingerprint density at radius 1 is 1.11 bits per heavy atom. The van der Waals surface area contributed by atoms with Crippen LogP contribution in [0.25, 0.3) is 0 Å². The van der Waals surface area contributed by atoms with Gasteiger partial charge in [-0.15, -0.1) is 0 Å². The van der Waals surface area contributed by atoms with E-state index in [0.29, 0.717) is 0 Å². The minimum atomic E-state index is 0. The van der Waals surface area contributed by atoms with Gasteiger partial charge in [0.05, 0.1) is 0 Å². The van der Waals surface area contributed by atoms with Gasteiger partial charge >= 0.3 is 64.9 Å². The van der Waals surface area contributed by atoms with E-state index in [0.717, 1.165) is 31.8 Å². The van der Waals surface area contributed by atoms with Crippen LogP contribution in [0.2, 0.25) is 0 Å². The Morgan fingerprint density at radius 2 is 1.56 bits per heavy atom. The normalized spacial score (nSPS) is 8.22. The Morgan fingerprint density at radius 3 is 1.89 bits per heavy atom. The van der Waals surface area contributed by atoms with Crippen LogP contribution in [0.4, 0.5) is 5.69 Å². The van der Waals surface area contributed by atoms with Crippen molar-refractivity contribution in [2.45, 2.75) is 0 Å². The number of rotatable bonds is 0. The molecule has 0 aliphatic rings. The van der Waals surface area contributed by atoms with E-state index >= 15 is 0 Å². The van der Waals surface area contributed by atoms with Crippen LogP contribution < -0.4 is 21.2 Å². The molecule has 0 bridgehead atoms. The van der Waals surface area contributed by atoms with Gasteiger partial charge in [0, 0.05) is 0 Å². The molecule has 1 aromatic carbocycles. The first-order chi connectivity index (χ1) is 3.79. The molecule has 0 radical (unpaired) electrons. The van der Waals surface area contributed by atoms with Crippen molar-refractivity contribution in [3.8, 4) is 0 Å². The number of hydrogen-bond acceptors (Lipinski definition) is 1. The van der Waals surface area contributed by atoms with Gasteiger partial charge in [-0.2, -0.15) is 0 Å². The number of benzene rings is 1. The van der Waals surface area contributed by atoms with Crippen LogP contribution in [-0.4, -0.2) is 0 Å². The Labute approximate surface area is 77.0 Å². The molecule has 9 heavy (non-hydrogen) atoms. The Hall–Kier alpha value is 0.245. The molecule has 44 valence electrons. The monoisotopic (exact) mass is 329 g/mol. The van der Waals surface area contributed by atoms with Crippen molar-refractivity contribution in [2.24, 2.45) is 0 Å². The van der Waals surface area contributed by atoms with Crippen LogP contribution in [0, 0.1) is 0 Å². The summed E-state index contributed by atoms with van der Waals surface area (Å²) in [4.78, 5) is 0. The molecule has 0 saturated heterocycles. The second-order valence-electron chi connectivity index (χ2n) is 1.74. The number of nitrogens with two attached hydrogens (primary N) is 1. The summed E-state index contributed by atoms with van der Waals surface area (Å²) in [7, 11) is 0. The Kier molecular flexibility index (Phi) is 4.24. The molecule has 0 saturated carbocycles. The molecule has 0 aliphatic heterocycles. The second kappa shape index (κ2) is 4.12. The van der Waals surface area contributed by atoms with E-state index < -0.39 is 0 Å². The first-order valence-corrected chi connectivity index (χ1v) is 5.21. The van der Waals surface area contributed by atoms with Gasteiger partial charge in [0.25, 0.3) is 0 Å². The first-order valence-electron chi connectivity index (χ1n) is 2.46. The topological polar surface area (TPSA) is 26.0 Å². The summed E-state index contributed by atoms with van der Waals surface area (Å²) < 4.78 is 1.44. The second-order valence-corrected chi connectivity index (χ2v) is 4.92. The van der Waals surface area contributed by atoms with Crippen molar-refractivity contribution in [3.05, 3.63) is 24.3 Å². The zero-order valence-corrected chi connectivity index (χ0v) is 11.2. The molecule has 2 N–H and O–H groups in total. The van der Waals surface area contributed by atoms with E-state index in [1.807, 2.05) is 12.1 Å². The van der Waals surface area contributed by atoms with Crippen molar-refractivity contribution < 1.29 is 38.5 Å². The zero-order chi connectivity index (χ0) is 5.98. The van der Waals surface area contributed by atoms with Crippen molar-refractivity contribution in [1.82, 2.24) is 0 Å². The fourth-order valence-corrected chi connectivity index (χ4v) is 1.43. The van der Waals surface area contributed by atoms with Gasteiger partial charge in [-0.25, -0.2) is 0 Å². The minimum Gasteiger partial charge on any atom is -1.00 e. The smallest absolute Gasteiger partial charge is 1.00 e. The largest absolute Gasteiger partial charge is 1.00 e. The molecule has 3 heteroatoms. The molecule has 0 aliphatic carbocycles. The quantitative estimate of drug-likeness (QED) is 0.412. The third kappa shape index (κ3) is 3.06. The molecule has 0 spiro atoms. The maximum atomic E-state index is 5.45. The number of hydrogen-bond donors (Lipinski definition) is 1. The van der Waals surface area contributed by atoms with E-state index in [-0.39, 0.29) is 12.4 Å².